The Kier molecular flexibility index (Phi) is 1.66. The van der Waals surface area contributed by atoms with Crippen molar-refractivity contribution >= 4 is 11.6 Å². The Morgan fingerprint density at radius 2 is 1.69 bits per heavy atom. The first kappa shape index (κ1) is 8.91. The zero-order valence-electron chi connectivity index (χ0n) is 6.73. The standard InChI is InChI=1S/C9H8ClF2N/c10-7-3-1-6(2-4-7)8(13)5-9(8,11)12/h1-4H,5,13H2. The number of benzene rings is 1. The van der Waals surface area contributed by atoms with E-state index in [0.29, 0.717) is 10.6 Å². The third-order valence-corrected chi connectivity index (χ3v) is 2.64. The minimum absolute atomic E-state index is 0.276. The molecule has 2 N–H and O–H groups in total. The number of rotatable bonds is 1. The molecule has 1 fully saturated rings. The molecule has 0 amide bonds. The first-order valence-electron chi connectivity index (χ1n) is 3.88. The van der Waals surface area contributed by atoms with Crippen molar-refractivity contribution in [1.82, 2.24) is 0 Å². The van der Waals surface area contributed by atoms with Crippen LogP contribution >= 0.6 is 11.6 Å². The summed E-state index contributed by atoms with van der Waals surface area (Å²) in [5.41, 5.74) is 4.49. The monoisotopic (exact) mass is 203 g/mol. The Balaban J connectivity index is 2.34. The Labute approximate surface area is 79.5 Å². The van der Waals surface area contributed by atoms with E-state index in [9.17, 15) is 8.78 Å². The molecule has 1 saturated carbocycles. The maximum atomic E-state index is 12.8. The molecule has 0 radical (unpaired) electrons. The molecule has 1 aromatic rings. The van der Waals surface area contributed by atoms with Crippen molar-refractivity contribution in [3.8, 4) is 0 Å². The number of alkyl halides is 2. The van der Waals surface area contributed by atoms with Gasteiger partial charge in [0.15, 0.2) is 0 Å². The SMILES string of the molecule is NC1(c2ccc(Cl)cc2)CC1(F)F. The van der Waals surface area contributed by atoms with E-state index in [-0.39, 0.29) is 6.42 Å². The first-order valence-corrected chi connectivity index (χ1v) is 4.26. The lowest BCUT2D eigenvalue weighted by Crippen LogP contribution is -2.26. The largest absolute Gasteiger partial charge is 0.316 e. The summed E-state index contributed by atoms with van der Waals surface area (Å²) in [6.07, 6.45) is -0.276. The highest BCUT2D eigenvalue weighted by Crippen LogP contribution is 2.57. The zero-order chi connectivity index (χ0) is 9.69. The summed E-state index contributed by atoms with van der Waals surface area (Å²) >= 11 is 5.62. The summed E-state index contributed by atoms with van der Waals surface area (Å²) in [5, 5.41) is 0.524. The number of hydrogen-bond acceptors (Lipinski definition) is 1. The van der Waals surface area contributed by atoms with E-state index in [1.165, 1.54) is 0 Å². The Bertz CT molecular complexity index is 336. The smallest absolute Gasteiger partial charge is 0.272 e. The molecule has 1 aromatic carbocycles. The van der Waals surface area contributed by atoms with Gasteiger partial charge in [0.05, 0.1) is 0 Å². The highest BCUT2D eigenvalue weighted by molar-refractivity contribution is 6.30. The molecule has 1 aliphatic rings. The number of nitrogens with two attached hydrogens (primary N) is 1. The van der Waals surface area contributed by atoms with Gasteiger partial charge >= 0.3 is 0 Å². The third kappa shape index (κ3) is 1.23. The van der Waals surface area contributed by atoms with Gasteiger partial charge in [0, 0.05) is 11.4 Å². The molecule has 1 unspecified atom stereocenters. The van der Waals surface area contributed by atoms with Crippen LogP contribution in [-0.2, 0) is 5.54 Å². The van der Waals surface area contributed by atoms with E-state index in [1.54, 1.807) is 24.3 Å². The second-order valence-electron chi connectivity index (χ2n) is 3.36. The number of halogens is 3. The van der Waals surface area contributed by atoms with Gasteiger partial charge in [-0.25, -0.2) is 8.78 Å². The third-order valence-electron chi connectivity index (χ3n) is 2.39. The fraction of sp³-hybridized carbons (Fsp3) is 0.333. The summed E-state index contributed by atoms with van der Waals surface area (Å²) in [6.45, 7) is 0. The Hall–Kier alpha value is -0.670. The molecule has 13 heavy (non-hydrogen) atoms. The minimum Gasteiger partial charge on any atom is -0.316 e. The van der Waals surface area contributed by atoms with Crippen LogP contribution in [0.3, 0.4) is 0 Å². The molecule has 1 nitrogen and oxygen atoms in total. The van der Waals surface area contributed by atoms with E-state index in [1.807, 2.05) is 0 Å². The highest BCUT2D eigenvalue weighted by atomic mass is 35.5. The summed E-state index contributed by atoms with van der Waals surface area (Å²) in [4.78, 5) is 0. The van der Waals surface area contributed by atoms with Crippen LogP contribution < -0.4 is 5.73 Å². The quantitative estimate of drug-likeness (QED) is 0.746. The van der Waals surface area contributed by atoms with E-state index in [0.717, 1.165) is 0 Å². The topological polar surface area (TPSA) is 26.0 Å². The van der Waals surface area contributed by atoms with E-state index in [2.05, 4.69) is 0 Å². The van der Waals surface area contributed by atoms with Crippen molar-refractivity contribution in [3.63, 3.8) is 0 Å². The van der Waals surface area contributed by atoms with Crippen LogP contribution in [-0.4, -0.2) is 5.92 Å². The van der Waals surface area contributed by atoms with Crippen molar-refractivity contribution in [3.05, 3.63) is 34.9 Å². The molecule has 0 aromatic heterocycles. The van der Waals surface area contributed by atoms with Crippen LogP contribution in [0.2, 0.25) is 5.02 Å². The van der Waals surface area contributed by atoms with Crippen LogP contribution in [0.4, 0.5) is 8.78 Å². The summed E-state index contributed by atoms with van der Waals surface area (Å²) in [6, 6.07) is 6.23. The molecule has 0 aliphatic heterocycles. The van der Waals surface area contributed by atoms with Crippen LogP contribution in [0.25, 0.3) is 0 Å². The van der Waals surface area contributed by atoms with Crippen molar-refractivity contribution in [2.45, 2.75) is 17.9 Å². The molecule has 2 rings (SSSR count). The van der Waals surface area contributed by atoms with E-state index < -0.39 is 11.5 Å². The average molecular weight is 204 g/mol. The van der Waals surface area contributed by atoms with Crippen LogP contribution in [0.1, 0.15) is 12.0 Å². The normalized spacial score (nSPS) is 30.2. The summed E-state index contributed by atoms with van der Waals surface area (Å²) in [7, 11) is 0. The molecule has 0 spiro atoms. The van der Waals surface area contributed by atoms with Crippen molar-refractivity contribution in [2.24, 2.45) is 5.73 Å². The molecule has 0 bridgehead atoms. The van der Waals surface area contributed by atoms with Gasteiger partial charge in [-0.15, -0.1) is 0 Å². The highest BCUT2D eigenvalue weighted by Gasteiger charge is 2.69. The fourth-order valence-corrected chi connectivity index (χ4v) is 1.49. The maximum Gasteiger partial charge on any atom is 0.272 e. The van der Waals surface area contributed by atoms with Gasteiger partial charge < -0.3 is 5.73 Å². The molecule has 4 heteroatoms. The lowest BCUT2D eigenvalue weighted by Gasteiger charge is -2.10. The summed E-state index contributed by atoms with van der Waals surface area (Å²) < 4.78 is 25.6. The van der Waals surface area contributed by atoms with Crippen LogP contribution in [0, 0.1) is 0 Å². The van der Waals surface area contributed by atoms with Gasteiger partial charge in [-0.1, -0.05) is 23.7 Å². The molecule has 1 aliphatic carbocycles. The van der Waals surface area contributed by atoms with Crippen molar-refractivity contribution in [2.75, 3.05) is 0 Å². The Morgan fingerprint density at radius 1 is 1.23 bits per heavy atom. The Morgan fingerprint density at radius 3 is 2.08 bits per heavy atom. The predicted octanol–water partition coefficient (Wildman–Crippen LogP) is 2.53. The second-order valence-corrected chi connectivity index (χ2v) is 3.80. The van der Waals surface area contributed by atoms with Gasteiger partial charge in [-0.05, 0) is 17.7 Å². The minimum atomic E-state index is -2.76. The molecule has 0 heterocycles. The average Bonchev–Trinajstić information content (AvgIpc) is 2.53. The fourth-order valence-electron chi connectivity index (χ4n) is 1.37. The van der Waals surface area contributed by atoms with E-state index in [4.69, 9.17) is 17.3 Å². The summed E-state index contributed by atoms with van der Waals surface area (Å²) in [5.74, 6) is -2.76. The van der Waals surface area contributed by atoms with Crippen molar-refractivity contribution in [1.29, 1.82) is 0 Å². The molecular weight excluding hydrogens is 196 g/mol. The first-order chi connectivity index (χ1) is 5.96. The number of hydrogen-bond donors (Lipinski definition) is 1. The van der Waals surface area contributed by atoms with E-state index >= 15 is 0 Å². The molecular formula is C9H8ClF2N. The lowest BCUT2D eigenvalue weighted by molar-refractivity contribution is 0.0891. The van der Waals surface area contributed by atoms with Gasteiger partial charge in [0.1, 0.15) is 5.54 Å². The van der Waals surface area contributed by atoms with Gasteiger partial charge in [-0.3, -0.25) is 0 Å². The second kappa shape index (κ2) is 2.42. The van der Waals surface area contributed by atoms with Gasteiger partial charge in [0.25, 0.3) is 5.92 Å². The molecule has 70 valence electrons. The predicted molar refractivity (Wildman–Crippen MR) is 46.9 cm³/mol. The maximum absolute atomic E-state index is 12.8. The van der Waals surface area contributed by atoms with Crippen LogP contribution in [0.15, 0.2) is 24.3 Å². The lowest BCUT2D eigenvalue weighted by atomic mass is 10.1. The van der Waals surface area contributed by atoms with Gasteiger partial charge in [0.2, 0.25) is 0 Å². The van der Waals surface area contributed by atoms with Crippen molar-refractivity contribution < 1.29 is 8.78 Å². The zero-order valence-corrected chi connectivity index (χ0v) is 7.48. The van der Waals surface area contributed by atoms with Crippen LogP contribution in [0.5, 0.6) is 0 Å². The van der Waals surface area contributed by atoms with Gasteiger partial charge in [-0.2, -0.15) is 0 Å². The molecule has 1 atom stereocenters. The molecule has 0 saturated heterocycles.